The Kier molecular flexibility index (Phi) is 3.59. The highest BCUT2D eigenvalue weighted by Gasteiger charge is 2.53. The molecule has 2 heterocycles. The molecule has 18 heavy (non-hydrogen) atoms. The van der Waals surface area contributed by atoms with E-state index in [-0.39, 0.29) is 18.0 Å². The number of amides is 3. The number of urea groups is 1. The molecule has 2 saturated heterocycles. The molecule has 2 aliphatic rings. The van der Waals surface area contributed by atoms with Crippen LogP contribution < -0.4 is 11.1 Å². The summed E-state index contributed by atoms with van der Waals surface area (Å²) in [7, 11) is 0. The molecule has 1 spiro atoms. The summed E-state index contributed by atoms with van der Waals surface area (Å²) in [5, 5.41) is 2.88. The maximum Gasteiger partial charge on any atom is 0.325 e. The van der Waals surface area contributed by atoms with Crippen molar-refractivity contribution in [3.8, 4) is 0 Å². The molecule has 0 aromatic rings. The van der Waals surface area contributed by atoms with E-state index >= 15 is 0 Å². The molecule has 0 radical (unpaired) electrons. The quantitative estimate of drug-likeness (QED) is 0.680. The molecule has 2 aliphatic heterocycles. The average molecular weight is 254 g/mol. The Balaban J connectivity index is 2.13. The third kappa shape index (κ3) is 1.99. The molecule has 0 aliphatic carbocycles. The Morgan fingerprint density at radius 3 is 2.50 bits per heavy atom. The van der Waals surface area contributed by atoms with Crippen LogP contribution in [0.4, 0.5) is 4.79 Å². The van der Waals surface area contributed by atoms with Crippen LogP contribution in [0.1, 0.15) is 26.7 Å². The van der Waals surface area contributed by atoms with E-state index in [9.17, 15) is 9.59 Å². The van der Waals surface area contributed by atoms with Gasteiger partial charge in [0.1, 0.15) is 5.54 Å². The van der Waals surface area contributed by atoms with Crippen LogP contribution in [0.15, 0.2) is 0 Å². The molecular weight excluding hydrogens is 232 g/mol. The number of nitrogens with one attached hydrogen (secondary N) is 1. The minimum absolute atomic E-state index is 0.0961. The fraction of sp³-hybridized carbons (Fsp3) is 0.833. The smallest absolute Gasteiger partial charge is 0.325 e. The lowest BCUT2D eigenvalue weighted by Crippen LogP contribution is -2.55. The topological polar surface area (TPSA) is 78.7 Å². The Morgan fingerprint density at radius 2 is 2.00 bits per heavy atom. The molecule has 2 rings (SSSR count). The van der Waals surface area contributed by atoms with E-state index in [1.165, 1.54) is 4.90 Å². The summed E-state index contributed by atoms with van der Waals surface area (Å²) >= 11 is 0. The summed E-state index contributed by atoms with van der Waals surface area (Å²) in [6.45, 7) is 6.91. The van der Waals surface area contributed by atoms with Crippen LogP contribution in [0, 0.1) is 0 Å². The summed E-state index contributed by atoms with van der Waals surface area (Å²) in [6, 6.07) is -0.524. The zero-order valence-corrected chi connectivity index (χ0v) is 11.1. The fourth-order valence-corrected chi connectivity index (χ4v) is 2.74. The highest BCUT2D eigenvalue weighted by atomic mass is 16.2. The summed E-state index contributed by atoms with van der Waals surface area (Å²) in [6.07, 6.45) is 1.39. The van der Waals surface area contributed by atoms with E-state index in [4.69, 9.17) is 5.73 Å². The van der Waals surface area contributed by atoms with E-state index in [1.807, 2.05) is 0 Å². The predicted molar refractivity (Wildman–Crippen MR) is 68.0 cm³/mol. The molecule has 0 saturated carbocycles. The minimum atomic E-state index is -0.674. The Morgan fingerprint density at radius 1 is 1.39 bits per heavy atom. The van der Waals surface area contributed by atoms with Crippen LogP contribution in [0.25, 0.3) is 0 Å². The van der Waals surface area contributed by atoms with Crippen LogP contribution in [-0.4, -0.2) is 59.5 Å². The largest absolute Gasteiger partial charge is 0.328 e. The van der Waals surface area contributed by atoms with Gasteiger partial charge < -0.3 is 16.0 Å². The van der Waals surface area contributed by atoms with E-state index < -0.39 is 5.54 Å². The second-order valence-corrected chi connectivity index (χ2v) is 5.21. The Bertz CT molecular complexity index is 350. The fourth-order valence-electron chi connectivity index (χ4n) is 2.74. The molecule has 0 aromatic carbocycles. The number of nitrogens with two attached hydrogens (primary N) is 1. The van der Waals surface area contributed by atoms with Crippen LogP contribution in [0.3, 0.4) is 0 Å². The molecule has 1 atom stereocenters. The second-order valence-electron chi connectivity index (χ2n) is 5.21. The van der Waals surface area contributed by atoms with E-state index in [0.717, 1.165) is 19.6 Å². The van der Waals surface area contributed by atoms with Gasteiger partial charge in [-0.25, -0.2) is 4.79 Å². The summed E-state index contributed by atoms with van der Waals surface area (Å²) in [4.78, 5) is 28.0. The number of imide groups is 1. The molecule has 0 bridgehead atoms. The first kappa shape index (κ1) is 13.3. The monoisotopic (exact) mass is 254 g/mol. The number of nitrogens with zero attached hydrogens (tertiary/aromatic N) is 2. The zero-order valence-electron chi connectivity index (χ0n) is 11.1. The van der Waals surface area contributed by atoms with Gasteiger partial charge in [0.25, 0.3) is 5.91 Å². The first-order valence-corrected chi connectivity index (χ1v) is 6.62. The Hall–Kier alpha value is -1.14. The lowest BCUT2D eigenvalue weighted by atomic mass is 9.87. The van der Waals surface area contributed by atoms with Gasteiger partial charge in [0.15, 0.2) is 0 Å². The van der Waals surface area contributed by atoms with Crippen molar-refractivity contribution in [1.82, 2.24) is 15.1 Å². The third-order valence-corrected chi connectivity index (χ3v) is 4.13. The standard InChI is InChI=1S/C12H22N4O2/c1-3-15-6-4-12(5-7-15)10(17)16(9(2)8-13)11(18)14-12/h9H,3-8,13H2,1-2H3,(H,14,18). The lowest BCUT2D eigenvalue weighted by molar-refractivity contribution is -0.134. The molecular formula is C12H22N4O2. The number of hydrogen-bond donors (Lipinski definition) is 2. The third-order valence-electron chi connectivity index (χ3n) is 4.13. The van der Waals surface area contributed by atoms with E-state index in [1.54, 1.807) is 6.92 Å². The van der Waals surface area contributed by atoms with E-state index in [0.29, 0.717) is 19.4 Å². The van der Waals surface area contributed by atoms with Crippen molar-refractivity contribution in [2.45, 2.75) is 38.3 Å². The number of likely N-dealkylation sites (tertiary alicyclic amines) is 1. The van der Waals surface area contributed by atoms with Gasteiger partial charge in [0.05, 0.1) is 6.04 Å². The second kappa shape index (κ2) is 4.85. The van der Waals surface area contributed by atoms with Gasteiger partial charge in [-0.1, -0.05) is 6.92 Å². The van der Waals surface area contributed by atoms with Gasteiger partial charge in [-0.15, -0.1) is 0 Å². The van der Waals surface area contributed by atoms with Gasteiger partial charge >= 0.3 is 6.03 Å². The molecule has 1 unspecified atom stereocenters. The van der Waals surface area contributed by atoms with Gasteiger partial charge in [-0.3, -0.25) is 9.69 Å². The van der Waals surface area contributed by atoms with Gasteiger partial charge in [0, 0.05) is 19.6 Å². The van der Waals surface area contributed by atoms with E-state index in [2.05, 4.69) is 17.1 Å². The van der Waals surface area contributed by atoms with Crippen molar-refractivity contribution in [2.24, 2.45) is 5.73 Å². The minimum Gasteiger partial charge on any atom is -0.328 e. The molecule has 3 amide bonds. The Labute approximate surface area is 107 Å². The lowest BCUT2D eigenvalue weighted by Gasteiger charge is -2.37. The SMILES string of the molecule is CCN1CCC2(CC1)NC(=O)N(C(C)CN)C2=O. The maximum absolute atomic E-state index is 12.5. The van der Waals surface area contributed by atoms with Crippen LogP contribution >= 0.6 is 0 Å². The molecule has 6 nitrogen and oxygen atoms in total. The van der Waals surface area contributed by atoms with Crippen molar-refractivity contribution < 1.29 is 9.59 Å². The van der Waals surface area contributed by atoms with Gasteiger partial charge in [-0.2, -0.15) is 0 Å². The summed E-state index contributed by atoms with van der Waals surface area (Å²) < 4.78 is 0. The van der Waals surface area contributed by atoms with Gasteiger partial charge in [0.2, 0.25) is 0 Å². The van der Waals surface area contributed by atoms with Crippen molar-refractivity contribution >= 4 is 11.9 Å². The number of hydrogen-bond acceptors (Lipinski definition) is 4. The molecule has 0 aromatic heterocycles. The molecule has 102 valence electrons. The van der Waals surface area contributed by atoms with Crippen LogP contribution in [0.2, 0.25) is 0 Å². The maximum atomic E-state index is 12.5. The van der Waals surface area contributed by atoms with Crippen molar-refractivity contribution in [1.29, 1.82) is 0 Å². The summed E-state index contributed by atoms with van der Waals surface area (Å²) in [5.41, 5.74) is 4.88. The van der Waals surface area contributed by atoms with Crippen molar-refractivity contribution in [3.63, 3.8) is 0 Å². The highest BCUT2D eigenvalue weighted by molar-refractivity contribution is 6.07. The molecule has 6 heteroatoms. The van der Waals surface area contributed by atoms with Crippen molar-refractivity contribution in [3.05, 3.63) is 0 Å². The normalized spacial score (nSPS) is 25.6. The summed E-state index contributed by atoms with van der Waals surface area (Å²) in [5.74, 6) is -0.0961. The van der Waals surface area contributed by atoms with Gasteiger partial charge in [-0.05, 0) is 26.3 Å². The number of carbonyl (C=O) groups excluding carboxylic acids is 2. The molecule has 2 fully saturated rings. The van der Waals surface area contributed by atoms with Crippen molar-refractivity contribution in [2.75, 3.05) is 26.2 Å². The number of piperidine rings is 1. The first-order valence-electron chi connectivity index (χ1n) is 6.62. The molecule has 3 N–H and O–H groups in total. The average Bonchev–Trinajstić information content (AvgIpc) is 2.61. The predicted octanol–water partition coefficient (Wildman–Crippen LogP) is -0.260. The number of rotatable bonds is 3. The van der Waals surface area contributed by atoms with Crippen LogP contribution in [-0.2, 0) is 4.79 Å². The zero-order chi connectivity index (χ0) is 13.3. The highest BCUT2D eigenvalue weighted by Crippen LogP contribution is 2.30. The first-order chi connectivity index (χ1) is 8.54. The van der Waals surface area contributed by atoms with Crippen LogP contribution in [0.5, 0.6) is 0 Å². The number of carbonyl (C=O) groups is 2.